The molecule has 40 heteroatoms. The number of aliphatic hydroxyl groups is 7. The number of aliphatic hydroxyl groups excluding tert-OH is 7. The highest BCUT2D eigenvalue weighted by molar-refractivity contribution is 6.33. The number of ether oxygens (including phenoxy) is 7. The number of carbonyl (C=O) groups excluding carboxylic acids is 8. The van der Waals surface area contributed by atoms with Crippen molar-refractivity contribution in [1.29, 1.82) is 0 Å². The molecule has 0 spiro atoms. The Morgan fingerprint density at radius 1 is 0.504 bits per heavy atom. The number of carbonyl (C=O) groups is 8. The highest BCUT2D eigenvalue weighted by atomic mass is 35.5. The lowest BCUT2D eigenvalue weighted by Gasteiger charge is -2.42. The Morgan fingerprint density at radius 2 is 1.12 bits per heavy atom. The van der Waals surface area contributed by atoms with E-state index in [0.29, 0.717) is 37.9 Å². The molecule has 21 N–H and O–H groups in total. The lowest BCUT2D eigenvalue weighted by atomic mass is 9.89. The van der Waals surface area contributed by atoms with Crippen LogP contribution in [0.4, 0.5) is 0 Å². The quantitative estimate of drug-likeness (QED) is 0.0341. The zero-order valence-electron chi connectivity index (χ0n) is 72.6. The van der Waals surface area contributed by atoms with Crippen LogP contribution in [0.1, 0.15) is 146 Å². The van der Waals surface area contributed by atoms with Gasteiger partial charge in [-0.2, -0.15) is 0 Å². The lowest BCUT2D eigenvalue weighted by molar-refractivity contribution is -0.277. The van der Waals surface area contributed by atoms with Gasteiger partial charge in [0.15, 0.2) is 29.1 Å². The minimum Gasteiger partial charge on any atom is -0.508 e. The second-order valence-corrected chi connectivity index (χ2v) is 34.4. The molecule has 38 nitrogen and oxygen atoms in total. The van der Waals surface area contributed by atoms with Crippen molar-refractivity contribution >= 4 is 70.5 Å². The fourth-order valence-corrected chi connectivity index (χ4v) is 16.9. The number of phenols is 4. The molecule has 131 heavy (non-hydrogen) atoms. The van der Waals surface area contributed by atoms with Crippen molar-refractivity contribution in [3.8, 4) is 80.1 Å². The van der Waals surface area contributed by atoms with Crippen LogP contribution in [-0.2, 0) is 54.3 Å². The average molecular weight is 1860 g/mol. The smallest absolute Gasteiger partial charge is 0.252 e. The van der Waals surface area contributed by atoms with E-state index in [-0.39, 0.29) is 70.8 Å². The first-order valence-electron chi connectivity index (χ1n) is 43.3. The van der Waals surface area contributed by atoms with Gasteiger partial charge in [0.1, 0.15) is 125 Å². The van der Waals surface area contributed by atoms with Gasteiger partial charge in [-0.15, -0.1) is 0 Å². The summed E-state index contributed by atoms with van der Waals surface area (Å²) >= 11 is 14.5. The third-order valence-corrected chi connectivity index (χ3v) is 24.2. The number of fused-ring (bicyclic) bond motifs is 14. The van der Waals surface area contributed by atoms with Gasteiger partial charge >= 0.3 is 0 Å². The maximum absolute atomic E-state index is 17.0. The molecule has 8 amide bonds. The van der Waals surface area contributed by atoms with Crippen molar-refractivity contribution in [3.63, 3.8) is 0 Å². The number of aromatic hydroxyl groups is 4. The Balaban J connectivity index is 1.05. The standard InChI is InChI=1S/C91H110Cl2N12O26/c1-7-8-9-10-11-12-13-14-27-95-73-76(113)78(115)81(89(124)97-29-16-31-105(5)6)131-90(73)130-80-62-36-47-37-63(80)127-59-26-21-46(34-54(59)92)74(111)72-88(123)102-70(83(118)96-28-15-30-104(3)4)52-38-48(107)39-61(128-91-79(116)77(114)75(112)64(42-106)129-91)65(52)51-33-44(19-24-56(51)108)68(85(120)103-72)99-86(121)69(47)100-87(122)71-53-40-50(41-58(110)66(53)93)126-60-35-45(20-25-57(60)109)67(94-2)84(119)98-55(82(117)101-71)32-43-17-22-49(125-62)23-18-43/h17-26,33-41,55,64,67-79,81,90-91,94-95,106-116H,7-16,27-32,42H2,1-6H3,(H,96,118)(H,97,124)(H,98,119)(H,99,121)(H,100,122)(H,101,117)(H,102,123)(H,103,120)/t55-,64-,67-,68-,69-,70+,71+,72+,73+,74-,75-,76+,77+,78-,79+,81-,90+,91+/m1/s1. The van der Waals surface area contributed by atoms with E-state index >= 15 is 28.8 Å². The first-order chi connectivity index (χ1) is 62.7. The van der Waals surface area contributed by atoms with Gasteiger partial charge in [0, 0.05) is 48.3 Å². The molecular formula is C91H110Cl2N12O26. The summed E-state index contributed by atoms with van der Waals surface area (Å²) in [6.45, 7) is 2.35. The Bertz CT molecular complexity index is 5330. The zero-order valence-corrected chi connectivity index (χ0v) is 74.1. The van der Waals surface area contributed by atoms with E-state index in [1.807, 2.05) is 23.9 Å². The Kier molecular flexibility index (Phi) is 32.1. The van der Waals surface area contributed by atoms with Crippen LogP contribution in [0.3, 0.4) is 0 Å². The number of nitrogens with one attached hydrogen (secondary N) is 10. The molecule has 0 unspecified atom stereocenters. The highest BCUT2D eigenvalue weighted by Gasteiger charge is 2.51. The van der Waals surface area contributed by atoms with Gasteiger partial charge in [0.2, 0.25) is 59.7 Å². The van der Waals surface area contributed by atoms with Crippen LogP contribution < -0.4 is 76.9 Å². The second-order valence-electron chi connectivity index (χ2n) is 33.6. The maximum atomic E-state index is 17.0. The highest BCUT2D eigenvalue weighted by Crippen LogP contribution is 2.51. The molecule has 8 heterocycles. The lowest BCUT2D eigenvalue weighted by Crippen LogP contribution is -2.66. The molecular weight excluding hydrogens is 1750 g/mol. The first kappa shape index (κ1) is 97.1. The fourth-order valence-electron chi connectivity index (χ4n) is 16.4. The number of rotatable bonds is 26. The van der Waals surface area contributed by atoms with Crippen LogP contribution >= 0.6 is 23.2 Å². The van der Waals surface area contributed by atoms with Gasteiger partial charge in [-0.3, -0.25) is 38.4 Å². The number of phenolic OH excluding ortho intramolecular Hbond substituents is 4. The van der Waals surface area contributed by atoms with E-state index in [2.05, 4.69) is 60.1 Å². The summed E-state index contributed by atoms with van der Waals surface area (Å²) in [5, 5.41) is 156. The summed E-state index contributed by atoms with van der Waals surface area (Å²) < 4.78 is 45.8. The minimum absolute atomic E-state index is 0.0525. The average Bonchev–Trinajstić information content (AvgIpc) is 0.765. The van der Waals surface area contributed by atoms with E-state index in [1.54, 1.807) is 14.1 Å². The molecule has 8 aliphatic rings. The molecule has 0 radical (unpaired) electrons. The topological polar surface area (TPSA) is 550 Å². The third-order valence-electron chi connectivity index (χ3n) is 23.5. The molecule has 8 aliphatic heterocycles. The van der Waals surface area contributed by atoms with Gasteiger partial charge in [0.05, 0.1) is 22.7 Å². The van der Waals surface area contributed by atoms with Crippen LogP contribution in [0.15, 0.2) is 115 Å². The van der Waals surface area contributed by atoms with Crippen LogP contribution in [0.2, 0.25) is 10.0 Å². The van der Waals surface area contributed by atoms with E-state index in [9.17, 15) is 65.8 Å². The second kappa shape index (κ2) is 43.3. The van der Waals surface area contributed by atoms with Crippen molar-refractivity contribution in [2.45, 2.75) is 187 Å². The van der Waals surface area contributed by atoms with Gasteiger partial charge in [-0.05, 0) is 180 Å². The Morgan fingerprint density at radius 3 is 1.80 bits per heavy atom. The number of halogens is 2. The van der Waals surface area contributed by atoms with Crippen LogP contribution in [-0.4, -0.2) is 261 Å². The van der Waals surface area contributed by atoms with Crippen LogP contribution in [0.25, 0.3) is 11.1 Å². The number of hydrogen-bond donors (Lipinski definition) is 21. The van der Waals surface area contributed by atoms with Crippen LogP contribution in [0.5, 0.6) is 69.0 Å². The summed E-state index contributed by atoms with van der Waals surface area (Å²) in [5.41, 5.74) is -2.30. The molecule has 0 aliphatic carbocycles. The molecule has 2 saturated heterocycles. The van der Waals surface area contributed by atoms with Crippen molar-refractivity contribution in [3.05, 3.63) is 164 Å². The summed E-state index contributed by atoms with van der Waals surface area (Å²) in [6.07, 6.45) is -11.9. The largest absolute Gasteiger partial charge is 0.508 e. The minimum atomic E-state index is -2.38. The van der Waals surface area contributed by atoms with Crippen molar-refractivity contribution in [1.82, 2.24) is 63.0 Å². The summed E-state index contributed by atoms with van der Waals surface area (Å²) in [5.74, 6) is -15.2. The molecule has 0 saturated carbocycles. The van der Waals surface area contributed by atoms with Gasteiger partial charge in [-0.25, -0.2) is 0 Å². The summed E-state index contributed by atoms with van der Waals surface area (Å²) in [7, 11) is 8.69. The van der Waals surface area contributed by atoms with E-state index in [1.165, 1.54) is 67.7 Å². The van der Waals surface area contributed by atoms with Crippen molar-refractivity contribution < 1.29 is 128 Å². The van der Waals surface area contributed by atoms with Crippen LogP contribution in [0, 0.1) is 0 Å². The van der Waals surface area contributed by atoms with Gasteiger partial charge in [-0.1, -0.05) is 105 Å². The monoisotopic (exact) mass is 1860 g/mol. The van der Waals surface area contributed by atoms with Gasteiger partial charge < -0.3 is 152 Å². The summed E-state index contributed by atoms with van der Waals surface area (Å²) in [4.78, 5) is 130. The SMILES string of the molecule is CCCCCCCCCCN[C@@H]1[C@@H](Oc2c3cc4cc2Oc2ccc(cc2Cl)[C@@H](O)[C@@H]2NC(=O)[C@H](NC(=O)[C@@H]4NC(=O)[C@H]4NC(=O)[C@@H](Cc5ccc(cc5)O3)NC(=O)[C@H](NC)c3ccc(O)c(c3)Oc3cc(O)c(Cl)c4c3)c3ccc(O)c(c3)-c3c(O[C@H]4O[C@H](CO)[C@@H](O)[C@H](O)[C@@H]4O)cc(O)cc3[C@@H](C(=O)NCCCN(C)C)NC2=O)O[C@@H](C(=O)NCCCN(C)C)[C@H](O)[C@H]1O. The summed E-state index contributed by atoms with van der Waals surface area (Å²) in [6, 6.07) is 7.43. The number of nitrogens with zero attached hydrogens (tertiary/aromatic N) is 2. The van der Waals surface area contributed by atoms with E-state index in [0.717, 1.165) is 99.5 Å². The molecule has 704 valence electrons. The van der Waals surface area contributed by atoms with E-state index < -0.39 is 242 Å². The maximum Gasteiger partial charge on any atom is 0.252 e. The molecule has 7 aromatic carbocycles. The molecule has 2 fully saturated rings. The molecule has 17 bridgehead atoms. The van der Waals surface area contributed by atoms with Crippen molar-refractivity contribution in [2.24, 2.45) is 0 Å². The Hall–Kier alpha value is -11.4. The number of hydrogen-bond acceptors (Lipinski definition) is 30. The predicted molar refractivity (Wildman–Crippen MR) is 471 cm³/mol. The Labute approximate surface area is 763 Å². The fraction of sp³-hybridized carbons (Fsp3) is 0.451. The molecule has 7 aromatic rings. The molecule has 15 rings (SSSR count). The predicted octanol–water partition coefficient (Wildman–Crippen LogP) is 3.99. The molecule has 0 aromatic heterocycles. The third kappa shape index (κ3) is 22.7. The first-order valence-corrected chi connectivity index (χ1v) is 44.0. The van der Waals surface area contributed by atoms with Crippen molar-refractivity contribution in [2.75, 3.05) is 74.6 Å². The zero-order chi connectivity index (χ0) is 93.9. The normalized spacial score (nSPS) is 25.6. The van der Waals surface area contributed by atoms with E-state index in [4.69, 9.17) is 56.4 Å². The van der Waals surface area contributed by atoms with Gasteiger partial charge in [0.25, 0.3) is 5.91 Å². The number of benzene rings is 7. The number of likely N-dealkylation sites (N-methyl/N-ethyl adjacent to an activating group) is 1. The number of unbranched alkanes of at least 4 members (excludes halogenated alkanes) is 7. The number of amides is 8. The molecule has 18 atom stereocenters.